The minimum Gasteiger partial charge on any atom is -0.371 e. The van der Waals surface area contributed by atoms with Gasteiger partial charge in [0.05, 0.1) is 19.3 Å². The van der Waals surface area contributed by atoms with Crippen molar-refractivity contribution in [1.82, 2.24) is 15.1 Å². The molecule has 0 saturated carbocycles. The molecule has 0 bridgehead atoms. The molecular weight excluding hydrogens is 250 g/mol. The van der Waals surface area contributed by atoms with E-state index >= 15 is 0 Å². The first kappa shape index (κ1) is 13.3. The van der Waals surface area contributed by atoms with Gasteiger partial charge >= 0.3 is 0 Å². The number of nitrogens with zero attached hydrogens (tertiary/aromatic N) is 2. The number of ether oxygens (including phenoxy) is 1. The zero-order valence-electron chi connectivity index (χ0n) is 12.1. The zero-order chi connectivity index (χ0) is 13.9. The average Bonchev–Trinajstić information content (AvgIpc) is 2.81. The van der Waals surface area contributed by atoms with Crippen LogP contribution in [0.5, 0.6) is 0 Å². The summed E-state index contributed by atoms with van der Waals surface area (Å²) in [6.07, 6.45) is 3.07. The topological polar surface area (TPSA) is 39.1 Å². The molecule has 0 saturated heterocycles. The average molecular weight is 271 g/mol. The first-order valence-corrected chi connectivity index (χ1v) is 7.15. The van der Waals surface area contributed by atoms with Crippen LogP contribution in [-0.4, -0.2) is 23.4 Å². The number of hydrogen-bond donors (Lipinski definition) is 1. The molecule has 3 rings (SSSR count). The quantitative estimate of drug-likeness (QED) is 0.927. The Morgan fingerprint density at radius 1 is 1.40 bits per heavy atom. The second-order valence-electron chi connectivity index (χ2n) is 5.28. The number of fused-ring (bicyclic) bond motifs is 1. The van der Waals surface area contributed by atoms with Crippen LogP contribution in [0.3, 0.4) is 0 Å². The van der Waals surface area contributed by atoms with Gasteiger partial charge in [0, 0.05) is 17.8 Å². The molecule has 0 aliphatic carbocycles. The van der Waals surface area contributed by atoms with Crippen molar-refractivity contribution in [3.05, 3.63) is 52.8 Å². The minimum absolute atomic E-state index is 0.112. The largest absolute Gasteiger partial charge is 0.371 e. The Morgan fingerprint density at radius 2 is 2.25 bits per heavy atom. The number of hydrogen-bond acceptors (Lipinski definition) is 3. The van der Waals surface area contributed by atoms with Gasteiger partial charge in [-0.05, 0) is 31.5 Å². The Kier molecular flexibility index (Phi) is 3.85. The smallest absolute Gasteiger partial charge is 0.102 e. The van der Waals surface area contributed by atoms with Gasteiger partial charge in [0.15, 0.2) is 0 Å². The lowest BCUT2D eigenvalue weighted by Gasteiger charge is -2.26. The van der Waals surface area contributed by atoms with Crippen LogP contribution < -0.4 is 5.32 Å². The van der Waals surface area contributed by atoms with Crippen molar-refractivity contribution in [3.63, 3.8) is 0 Å². The van der Waals surface area contributed by atoms with Gasteiger partial charge in [0.1, 0.15) is 6.10 Å². The minimum atomic E-state index is 0.112. The summed E-state index contributed by atoms with van der Waals surface area (Å²) >= 11 is 0. The molecule has 1 aromatic heterocycles. The van der Waals surface area contributed by atoms with E-state index < -0.39 is 0 Å². The summed E-state index contributed by atoms with van der Waals surface area (Å²) in [5, 5.41) is 7.67. The van der Waals surface area contributed by atoms with E-state index in [2.05, 4.69) is 46.3 Å². The highest BCUT2D eigenvalue weighted by atomic mass is 16.5. The molecule has 1 aromatic carbocycles. The summed E-state index contributed by atoms with van der Waals surface area (Å²) in [5.74, 6) is 0. The Hall–Kier alpha value is -1.65. The van der Waals surface area contributed by atoms with Crippen molar-refractivity contribution >= 4 is 0 Å². The molecule has 1 aliphatic heterocycles. The number of benzene rings is 1. The number of rotatable bonds is 4. The molecular formula is C16H21N3O. The van der Waals surface area contributed by atoms with Gasteiger partial charge in [0.25, 0.3) is 0 Å². The van der Waals surface area contributed by atoms with Gasteiger partial charge in [-0.1, -0.05) is 24.3 Å². The zero-order valence-corrected chi connectivity index (χ0v) is 12.1. The van der Waals surface area contributed by atoms with E-state index in [-0.39, 0.29) is 6.10 Å². The van der Waals surface area contributed by atoms with E-state index in [9.17, 15) is 0 Å². The highest BCUT2D eigenvalue weighted by molar-refractivity contribution is 5.31. The van der Waals surface area contributed by atoms with Gasteiger partial charge < -0.3 is 10.1 Å². The Bertz CT molecular complexity index is 591. The van der Waals surface area contributed by atoms with Crippen LogP contribution >= 0.6 is 0 Å². The molecule has 1 aliphatic rings. The van der Waals surface area contributed by atoms with Crippen molar-refractivity contribution in [2.45, 2.75) is 32.5 Å². The summed E-state index contributed by atoms with van der Waals surface area (Å²) in [6, 6.07) is 8.56. The maximum absolute atomic E-state index is 5.96. The molecule has 1 atom stereocenters. The first-order chi connectivity index (χ1) is 9.79. The van der Waals surface area contributed by atoms with Gasteiger partial charge in [-0.2, -0.15) is 5.10 Å². The van der Waals surface area contributed by atoms with E-state index in [1.807, 2.05) is 13.2 Å². The molecule has 0 amide bonds. The molecule has 0 spiro atoms. The van der Waals surface area contributed by atoms with Crippen LogP contribution in [0.2, 0.25) is 0 Å². The predicted octanol–water partition coefficient (Wildman–Crippen LogP) is 2.22. The van der Waals surface area contributed by atoms with Crippen molar-refractivity contribution < 1.29 is 4.74 Å². The fourth-order valence-corrected chi connectivity index (χ4v) is 2.82. The van der Waals surface area contributed by atoms with Crippen LogP contribution in [0, 0.1) is 6.92 Å². The second kappa shape index (κ2) is 5.77. The summed E-state index contributed by atoms with van der Waals surface area (Å²) in [5.41, 5.74) is 5.18. The van der Waals surface area contributed by atoms with Crippen LogP contribution in [0.15, 0.2) is 30.5 Å². The third kappa shape index (κ3) is 2.49. The van der Waals surface area contributed by atoms with E-state index in [0.717, 1.165) is 26.1 Å². The molecule has 1 N–H and O–H groups in total. The van der Waals surface area contributed by atoms with Gasteiger partial charge in [-0.15, -0.1) is 0 Å². The molecule has 4 nitrogen and oxygen atoms in total. The lowest BCUT2D eigenvalue weighted by molar-refractivity contribution is 0.0279. The highest BCUT2D eigenvalue weighted by Crippen LogP contribution is 2.28. The summed E-state index contributed by atoms with van der Waals surface area (Å²) < 4.78 is 8.01. The fourth-order valence-electron chi connectivity index (χ4n) is 2.82. The summed E-state index contributed by atoms with van der Waals surface area (Å²) in [7, 11) is 1.96. The van der Waals surface area contributed by atoms with Crippen LogP contribution in [0.1, 0.15) is 28.5 Å². The SMILES string of the molecule is CNCc1cnn(CC2OCCc3ccccc32)c1C. The summed E-state index contributed by atoms with van der Waals surface area (Å²) in [6.45, 7) is 4.56. The highest BCUT2D eigenvalue weighted by Gasteiger charge is 2.21. The lowest BCUT2D eigenvalue weighted by atomic mass is 9.97. The molecule has 2 aromatic rings. The van der Waals surface area contributed by atoms with Crippen molar-refractivity contribution in [1.29, 1.82) is 0 Å². The van der Waals surface area contributed by atoms with Gasteiger partial charge in [-0.25, -0.2) is 0 Å². The van der Waals surface area contributed by atoms with Gasteiger partial charge in [0.2, 0.25) is 0 Å². The van der Waals surface area contributed by atoms with Gasteiger partial charge in [-0.3, -0.25) is 4.68 Å². The monoisotopic (exact) mass is 271 g/mol. The molecule has 0 radical (unpaired) electrons. The standard InChI is InChI=1S/C16H21N3O/c1-12-14(9-17-2)10-18-19(12)11-16-15-6-4-3-5-13(15)7-8-20-16/h3-6,10,16-17H,7-9,11H2,1-2H3. The van der Waals surface area contributed by atoms with Crippen LogP contribution in [0.25, 0.3) is 0 Å². The second-order valence-corrected chi connectivity index (χ2v) is 5.28. The summed E-state index contributed by atoms with van der Waals surface area (Å²) in [4.78, 5) is 0. The molecule has 4 heteroatoms. The normalized spacial score (nSPS) is 18.0. The molecule has 106 valence electrons. The van der Waals surface area contributed by atoms with Crippen molar-refractivity contribution in [3.8, 4) is 0 Å². The van der Waals surface area contributed by atoms with E-state index in [0.29, 0.717) is 0 Å². The number of nitrogens with one attached hydrogen (secondary N) is 1. The van der Waals surface area contributed by atoms with E-state index in [1.165, 1.54) is 22.4 Å². The van der Waals surface area contributed by atoms with E-state index in [1.54, 1.807) is 0 Å². The predicted molar refractivity (Wildman–Crippen MR) is 78.6 cm³/mol. The molecule has 1 unspecified atom stereocenters. The third-order valence-electron chi connectivity index (χ3n) is 4.00. The Balaban J connectivity index is 1.82. The van der Waals surface area contributed by atoms with Crippen LogP contribution in [-0.2, 0) is 24.2 Å². The third-order valence-corrected chi connectivity index (χ3v) is 4.00. The maximum atomic E-state index is 5.96. The molecule has 20 heavy (non-hydrogen) atoms. The van der Waals surface area contributed by atoms with Crippen molar-refractivity contribution in [2.75, 3.05) is 13.7 Å². The molecule has 0 fully saturated rings. The Morgan fingerprint density at radius 3 is 3.10 bits per heavy atom. The first-order valence-electron chi connectivity index (χ1n) is 7.15. The van der Waals surface area contributed by atoms with Crippen LogP contribution in [0.4, 0.5) is 0 Å². The lowest BCUT2D eigenvalue weighted by Crippen LogP contribution is -2.21. The van der Waals surface area contributed by atoms with E-state index in [4.69, 9.17) is 4.74 Å². The Labute approximate surface area is 119 Å². The fraction of sp³-hybridized carbons (Fsp3) is 0.438. The maximum Gasteiger partial charge on any atom is 0.102 e. The van der Waals surface area contributed by atoms with Crippen molar-refractivity contribution in [2.24, 2.45) is 0 Å². The number of aromatic nitrogens is 2. The molecule has 2 heterocycles.